The smallest absolute Gasteiger partial charge is 0.344 e. The molecule has 2 aromatic heterocycles. The lowest BCUT2D eigenvalue weighted by molar-refractivity contribution is -0.384. The van der Waals surface area contributed by atoms with Crippen LogP contribution in [0, 0.1) is 10.1 Å². The third kappa shape index (κ3) is 5.50. The molecule has 11 nitrogen and oxygen atoms in total. The number of esters is 1. The Morgan fingerprint density at radius 1 is 1.13 bits per heavy atom. The van der Waals surface area contributed by atoms with E-state index >= 15 is 0 Å². The molecule has 0 saturated heterocycles. The maximum atomic E-state index is 12.4. The number of carbonyl (C=O) groups excluding carboxylic acids is 2. The first-order valence-corrected chi connectivity index (χ1v) is 8.80. The third-order valence-corrected chi connectivity index (χ3v) is 3.85. The number of hydrogen-bond acceptors (Lipinski definition) is 9. The first-order valence-electron chi connectivity index (χ1n) is 8.80. The first-order chi connectivity index (χ1) is 15.0. The number of benzene rings is 1. The summed E-state index contributed by atoms with van der Waals surface area (Å²) in [5.74, 6) is -1.02. The summed E-state index contributed by atoms with van der Waals surface area (Å²) >= 11 is 0. The topological polar surface area (TPSA) is 143 Å². The van der Waals surface area contributed by atoms with Crippen LogP contribution in [0.3, 0.4) is 0 Å². The van der Waals surface area contributed by atoms with E-state index in [1.165, 1.54) is 49.8 Å². The average Bonchev–Trinajstić information content (AvgIpc) is 2.78. The average molecular weight is 424 g/mol. The summed E-state index contributed by atoms with van der Waals surface area (Å²) in [6.45, 7) is -0.677. The Labute approximate surface area is 175 Å². The number of rotatable bonds is 8. The van der Waals surface area contributed by atoms with Gasteiger partial charge in [-0.1, -0.05) is 0 Å². The van der Waals surface area contributed by atoms with Gasteiger partial charge in [-0.05, 0) is 36.4 Å². The quantitative estimate of drug-likeness (QED) is 0.328. The summed E-state index contributed by atoms with van der Waals surface area (Å²) in [6, 6.07) is 10.1. The van der Waals surface area contributed by atoms with Crippen molar-refractivity contribution in [3.05, 3.63) is 76.7 Å². The van der Waals surface area contributed by atoms with E-state index in [4.69, 9.17) is 14.2 Å². The van der Waals surface area contributed by atoms with E-state index in [2.05, 4.69) is 15.3 Å². The fourth-order valence-electron chi connectivity index (χ4n) is 2.44. The van der Waals surface area contributed by atoms with Crippen LogP contribution in [-0.4, -0.2) is 40.5 Å². The molecule has 0 unspecified atom stereocenters. The molecule has 0 bridgehead atoms. The van der Waals surface area contributed by atoms with Gasteiger partial charge in [0.1, 0.15) is 22.7 Å². The summed E-state index contributed by atoms with van der Waals surface area (Å²) < 4.78 is 15.5. The van der Waals surface area contributed by atoms with Crippen molar-refractivity contribution in [2.75, 3.05) is 19.0 Å². The van der Waals surface area contributed by atoms with Gasteiger partial charge in [-0.15, -0.1) is 0 Å². The minimum Gasteiger partial charge on any atom is -0.496 e. The number of nitro benzene ring substituents is 1. The lowest BCUT2D eigenvalue weighted by atomic mass is 10.2. The van der Waals surface area contributed by atoms with Gasteiger partial charge in [-0.3, -0.25) is 19.9 Å². The molecule has 3 rings (SSSR count). The Hall–Kier alpha value is -4.54. The second kappa shape index (κ2) is 9.78. The number of nitro groups is 1. The van der Waals surface area contributed by atoms with Crippen LogP contribution in [0.15, 0.2) is 61.1 Å². The Morgan fingerprint density at radius 2 is 1.94 bits per heavy atom. The summed E-state index contributed by atoms with van der Waals surface area (Å²) in [6.07, 6.45) is 4.43. The maximum absolute atomic E-state index is 12.4. The van der Waals surface area contributed by atoms with Crippen molar-refractivity contribution < 1.29 is 28.7 Å². The van der Waals surface area contributed by atoms with Crippen LogP contribution < -0.4 is 14.8 Å². The van der Waals surface area contributed by atoms with E-state index in [1.807, 2.05) is 0 Å². The van der Waals surface area contributed by atoms with E-state index in [0.29, 0.717) is 5.75 Å². The molecular weight excluding hydrogens is 408 g/mol. The molecule has 2 heterocycles. The van der Waals surface area contributed by atoms with Crippen molar-refractivity contribution in [1.29, 1.82) is 0 Å². The summed E-state index contributed by atoms with van der Waals surface area (Å²) in [5.41, 5.74) is -0.429. The fourth-order valence-corrected chi connectivity index (χ4v) is 2.44. The summed E-state index contributed by atoms with van der Waals surface area (Å²) in [7, 11) is 1.36. The lowest BCUT2D eigenvalue weighted by Crippen LogP contribution is -2.21. The number of anilines is 1. The molecule has 0 aliphatic rings. The number of hydrogen-bond donors (Lipinski definition) is 1. The van der Waals surface area contributed by atoms with Gasteiger partial charge in [-0.25, -0.2) is 9.78 Å². The third-order valence-electron chi connectivity index (χ3n) is 3.85. The molecule has 158 valence electrons. The Balaban J connectivity index is 1.65. The van der Waals surface area contributed by atoms with Crippen molar-refractivity contribution in [3.8, 4) is 17.4 Å². The van der Waals surface area contributed by atoms with Crippen LogP contribution in [0.4, 0.5) is 11.4 Å². The molecule has 1 aromatic carbocycles. The van der Waals surface area contributed by atoms with Gasteiger partial charge in [0, 0.05) is 12.4 Å². The number of ether oxygens (including phenoxy) is 3. The van der Waals surface area contributed by atoms with Crippen molar-refractivity contribution >= 4 is 23.3 Å². The number of carbonyl (C=O) groups is 2. The number of amides is 1. The van der Waals surface area contributed by atoms with Crippen LogP contribution >= 0.6 is 0 Å². The highest BCUT2D eigenvalue weighted by Gasteiger charge is 2.20. The minimum atomic E-state index is -0.855. The number of methoxy groups -OCH3 is 1. The molecule has 0 spiro atoms. The molecule has 11 heteroatoms. The normalized spacial score (nSPS) is 10.1. The van der Waals surface area contributed by atoms with Crippen LogP contribution in [0.25, 0.3) is 0 Å². The number of pyridine rings is 2. The molecule has 1 amide bonds. The second-order valence-corrected chi connectivity index (χ2v) is 5.91. The molecule has 0 saturated carbocycles. The van der Waals surface area contributed by atoms with Crippen LogP contribution in [0.5, 0.6) is 17.4 Å². The van der Waals surface area contributed by atoms with Crippen molar-refractivity contribution in [2.45, 2.75) is 0 Å². The second-order valence-electron chi connectivity index (χ2n) is 5.91. The SMILES string of the molecule is COc1ccc(NC(=O)COC(=O)c2cccnc2Oc2cccnc2)c([N+](=O)[O-])c1. The van der Waals surface area contributed by atoms with E-state index in [1.54, 1.807) is 18.3 Å². The highest BCUT2D eigenvalue weighted by atomic mass is 16.6. The highest BCUT2D eigenvalue weighted by molar-refractivity contribution is 5.97. The molecule has 3 aromatic rings. The minimum absolute atomic E-state index is 0.00502. The Kier molecular flexibility index (Phi) is 6.68. The van der Waals surface area contributed by atoms with Gasteiger partial charge < -0.3 is 19.5 Å². The molecule has 31 heavy (non-hydrogen) atoms. The molecule has 1 N–H and O–H groups in total. The van der Waals surface area contributed by atoms with Gasteiger partial charge >= 0.3 is 5.97 Å². The molecule has 0 aliphatic heterocycles. The van der Waals surface area contributed by atoms with Crippen LogP contribution in [-0.2, 0) is 9.53 Å². The van der Waals surface area contributed by atoms with Gasteiger partial charge in [0.05, 0.1) is 24.3 Å². The number of nitrogens with zero attached hydrogens (tertiary/aromatic N) is 3. The lowest BCUT2D eigenvalue weighted by Gasteiger charge is -2.10. The number of aromatic nitrogens is 2. The van der Waals surface area contributed by atoms with Crippen LogP contribution in [0.1, 0.15) is 10.4 Å². The fraction of sp³-hybridized carbons (Fsp3) is 0.100. The van der Waals surface area contributed by atoms with Crippen molar-refractivity contribution in [3.63, 3.8) is 0 Å². The van der Waals surface area contributed by atoms with Crippen molar-refractivity contribution in [1.82, 2.24) is 9.97 Å². The van der Waals surface area contributed by atoms with Gasteiger partial charge in [-0.2, -0.15) is 0 Å². The van der Waals surface area contributed by atoms with Crippen molar-refractivity contribution in [2.24, 2.45) is 0 Å². The van der Waals surface area contributed by atoms with Crippen LogP contribution in [0.2, 0.25) is 0 Å². The predicted molar refractivity (Wildman–Crippen MR) is 107 cm³/mol. The zero-order valence-electron chi connectivity index (χ0n) is 16.2. The molecule has 0 aliphatic carbocycles. The Morgan fingerprint density at radius 3 is 2.65 bits per heavy atom. The van der Waals surface area contributed by atoms with Gasteiger partial charge in [0.2, 0.25) is 5.88 Å². The van der Waals surface area contributed by atoms with E-state index in [9.17, 15) is 19.7 Å². The summed E-state index contributed by atoms with van der Waals surface area (Å²) in [4.78, 5) is 43.0. The van der Waals surface area contributed by atoms with Gasteiger partial charge in [0.15, 0.2) is 6.61 Å². The summed E-state index contributed by atoms with van der Waals surface area (Å²) in [5, 5.41) is 13.5. The first kappa shape index (κ1) is 21.2. The number of nitrogens with one attached hydrogen (secondary N) is 1. The van der Waals surface area contributed by atoms with Gasteiger partial charge in [0.25, 0.3) is 11.6 Å². The monoisotopic (exact) mass is 424 g/mol. The molecule has 0 radical (unpaired) electrons. The molecule has 0 fully saturated rings. The zero-order chi connectivity index (χ0) is 22.2. The Bertz CT molecular complexity index is 1110. The van der Waals surface area contributed by atoms with E-state index in [0.717, 1.165) is 0 Å². The van der Waals surface area contributed by atoms with E-state index in [-0.39, 0.29) is 28.6 Å². The predicted octanol–water partition coefficient (Wildman–Crippen LogP) is 2.98. The van der Waals surface area contributed by atoms with E-state index < -0.39 is 23.4 Å². The standard InChI is InChI=1S/C20H16N4O7/c1-29-13-6-7-16(17(10-13)24(27)28)23-18(25)12-30-20(26)15-5-3-9-22-19(15)31-14-4-2-8-21-11-14/h2-11H,12H2,1H3,(H,23,25). The largest absolute Gasteiger partial charge is 0.496 e. The molecule has 0 atom stereocenters. The highest BCUT2D eigenvalue weighted by Crippen LogP contribution is 2.29. The molecular formula is C20H16N4O7. The maximum Gasteiger partial charge on any atom is 0.344 e. The zero-order valence-corrected chi connectivity index (χ0v) is 16.2.